The van der Waals surface area contributed by atoms with Crippen LogP contribution >= 0.6 is 11.3 Å². The fourth-order valence-electron chi connectivity index (χ4n) is 3.46. The Morgan fingerprint density at radius 3 is 2.84 bits per heavy atom. The summed E-state index contributed by atoms with van der Waals surface area (Å²) in [4.78, 5) is 23.8. The number of carbonyl (C=O) groups excluding carboxylic acids is 1. The molecule has 0 atom stereocenters. The second-order valence-electron chi connectivity index (χ2n) is 7.13. The van der Waals surface area contributed by atoms with E-state index in [2.05, 4.69) is 20.2 Å². The molecule has 4 rings (SSSR count). The summed E-state index contributed by atoms with van der Waals surface area (Å²) >= 11 is 1.40. The van der Waals surface area contributed by atoms with Gasteiger partial charge in [-0.1, -0.05) is 0 Å². The summed E-state index contributed by atoms with van der Waals surface area (Å²) in [6.07, 6.45) is -1.07. The van der Waals surface area contributed by atoms with Crippen LogP contribution in [0.2, 0.25) is 0 Å². The number of alkyl halides is 3. The van der Waals surface area contributed by atoms with Gasteiger partial charge in [-0.15, -0.1) is 11.3 Å². The van der Waals surface area contributed by atoms with Gasteiger partial charge in [-0.25, -0.2) is 14.4 Å². The maximum atomic E-state index is 13.6. The van der Waals surface area contributed by atoms with Crippen LogP contribution in [-0.2, 0) is 25.7 Å². The highest BCUT2D eigenvalue weighted by Gasteiger charge is 2.32. The van der Waals surface area contributed by atoms with Crippen molar-refractivity contribution in [3.8, 4) is 0 Å². The third-order valence-electron chi connectivity index (χ3n) is 4.97. The van der Waals surface area contributed by atoms with E-state index in [-0.39, 0.29) is 5.69 Å². The van der Waals surface area contributed by atoms with E-state index in [0.717, 1.165) is 22.1 Å². The molecule has 0 fully saturated rings. The smallest absolute Gasteiger partial charge is 0.383 e. The summed E-state index contributed by atoms with van der Waals surface area (Å²) < 4.78 is 52.3. The van der Waals surface area contributed by atoms with Gasteiger partial charge < -0.3 is 11.1 Å². The van der Waals surface area contributed by atoms with Crippen molar-refractivity contribution >= 4 is 28.7 Å². The lowest BCUT2D eigenvalue weighted by Crippen LogP contribution is -2.30. The molecule has 0 radical (unpaired) electrons. The number of halogens is 4. The molecule has 0 aliphatic carbocycles. The van der Waals surface area contributed by atoms with Crippen LogP contribution < -0.4 is 11.1 Å². The van der Waals surface area contributed by atoms with E-state index >= 15 is 0 Å². The minimum absolute atomic E-state index is 0.241. The second kappa shape index (κ2) is 8.23. The first kappa shape index (κ1) is 21.2. The fraction of sp³-hybridized carbons (Fsp3) is 0.250. The van der Waals surface area contributed by atoms with E-state index in [4.69, 9.17) is 5.73 Å². The Bertz CT molecular complexity index is 1130. The van der Waals surface area contributed by atoms with Gasteiger partial charge in [-0.05, 0) is 30.2 Å². The minimum atomic E-state index is -4.71. The molecule has 6 nitrogen and oxygen atoms in total. The molecule has 0 bridgehead atoms. The number of anilines is 2. The molecule has 1 aliphatic rings. The van der Waals surface area contributed by atoms with Crippen LogP contribution in [0.1, 0.15) is 31.9 Å². The number of rotatable bonds is 4. The van der Waals surface area contributed by atoms with E-state index in [0.29, 0.717) is 49.6 Å². The summed E-state index contributed by atoms with van der Waals surface area (Å²) in [6, 6.07) is 1.97. The summed E-state index contributed by atoms with van der Waals surface area (Å²) in [5.74, 6) is -1.22. The molecule has 3 aromatic rings. The molecule has 0 spiro atoms. The van der Waals surface area contributed by atoms with Crippen LogP contribution in [0.3, 0.4) is 0 Å². The second-order valence-corrected chi connectivity index (χ2v) is 8.09. The van der Waals surface area contributed by atoms with Crippen LogP contribution in [0.15, 0.2) is 36.1 Å². The normalized spacial score (nSPS) is 14.3. The zero-order chi connectivity index (χ0) is 22.2. The Morgan fingerprint density at radius 2 is 2.10 bits per heavy atom. The van der Waals surface area contributed by atoms with E-state index < -0.39 is 23.5 Å². The molecule has 1 aliphatic heterocycles. The Balaban J connectivity index is 1.48. The number of thiophene rings is 1. The first-order chi connectivity index (χ1) is 14.7. The molecule has 3 heterocycles. The van der Waals surface area contributed by atoms with Crippen molar-refractivity contribution in [2.45, 2.75) is 25.7 Å². The van der Waals surface area contributed by atoms with E-state index in [1.165, 1.54) is 17.7 Å². The summed E-state index contributed by atoms with van der Waals surface area (Å²) in [6.45, 7) is 1.82. The van der Waals surface area contributed by atoms with Crippen molar-refractivity contribution in [2.24, 2.45) is 0 Å². The van der Waals surface area contributed by atoms with Crippen LogP contribution in [0.25, 0.3) is 0 Å². The highest BCUT2D eigenvalue weighted by molar-refractivity contribution is 7.10. The Labute approximate surface area is 178 Å². The first-order valence-electron chi connectivity index (χ1n) is 9.26. The number of hydrogen-bond acceptors (Lipinski definition) is 6. The number of hydrogen-bond donors (Lipinski definition) is 2. The molecular weight excluding hydrogens is 434 g/mol. The topological polar surface area (TPSA) is 84.1 Å². The number of amides is 1. The van der Waals surface area contributed by atoms with Gasteiger partial charge in [0.25, 0.3) is 5.91 Å². The van der Waals surface area contributed by atoms with Crippen LogP contribution in [0, 0.1) is 5.82 Å². The average Bonchev–Trinajstić information content (AvgIpc) is 3.12. The van der Waals surface area contributed by atoms with E-state index in [1.807, 2.05) is 0 Å². The third-order valence-corrected chi connectivity index (χ3v) is 5.98. The van der Waals surface area contributed by atoms with Gasteiger partial charge in [0, 0.05) is 47.3 Å². The molecule has 1 aromatic carbocycles. The van der Waals surface area contributed by atoms with Crippen molar-refractivity contribution in [3.05, 3.63) is 69.1 Å². The highest BCUT2D eigenvalue weighted by atomic mass is 32.1. The van der Waals surface area contributed by atoms with Gasteiger partial charge >= 0.3 is 6.18 Å². The Hall–Kier alpha value is -3.05. The van der Waals surface area contributed by atoms with Crippen molar-refractivity contribution in [1.29, 1.82) is 0 Å². The van der Waals surface area contributed by atoms with Gasteiger partial charge in [-0.3, -0.25) is 9.69 Å². The summed E-state index contributed by atoms with van der Waals surface area (Å²) in [5.41, 5.74) is 6.52. The van der Waals surface area contributed by atoms with Crippen molar-refractivity contribution < 1.29 is 22.4 Å². The molecule has 11 heteroatoms. The van der Waals surface area contributed by atoms with E-state index in [9.17, 15) is 22.4 Å². The molecule has 3 N–H and O–H groups in total. The predicted molar refractivity (Wildman–Crippen MR) is 108 cm³/mol. The maximum Gasteiger partial charge on any atom is 0.416 e. The van der Waals surface area contributed by atoms with Gasteiger partial charge in [-0.2, -0.15) is 13.2 Å². The molecule has 0 unspecified atom stereocenters. The molecule has 162 valence electrons. The third kappa shape index (κ3) is 4.67. The number of nitrogens with two attached hydrogens (primary N) is 1. The molecule has 1 amide bonds. The van der Waals surface area contributed by atoms with E-state index in [1.54, 1.807) is 11.6 Å². The van der Waals surface area contributed by atoms with Crippen molar-refractivity contribution in [1.82, 2.24) is 14.9 Å². The quantitative estimate of drug-likeness (QED) is 0.584. The SMILES string of the molecule is Nc1ncncc1CN1CCc2c(C(=O)Nc3cc(F)cc(C(F)(F)F)c3)csc2C1. The van der Waals surface area contributed by atoms with Gasteiger partial charge in [0.05, 0.1) is 11.1 Å². The maximum absolute atomic E-state index is 13.6. The number of aromatic nitrogens is 2. The molecule has 0 saturated heterocycles. The summed E-state index contributed by atoms with van der Waals surface area (Å²) in [5, 5.41) is 4.06. The minimum Gasteiger partial charge on any atom is -0.383 e. The van der Waals surface area contributed by atoms with Crippen LogP contribution in [0.4, 0.5) is 29.1 Å². The number of nitrogen functional groups attached to an aromatic ring is 1. The van der Waals surface area contributed by atoms with Gasteiger partial charge in [0.15, 0.2) is 0 Å². The predicted octanol–water partition coefficient (Wildman–Crippen LogP) is 4.09. The summed E-state index contributed by atoms with van der Waals surface area (Å²) in [7, 11) is 0. The lowest BCUT2D eigenvalue weighted by molar-refractivity contribution is -0.137. The number of nitrogens with zero attached hydrogens (tertiary/aromatic N) is 3. The largest absolute Gasteiger partial charge is 0.416 e. The molecule has 2 aromatic heterocycles. The fourth-order valence-corrected chi connectivity index (χ4v) is 4.58. The number of benzene rings is 1. The Morgan fingerprint density at radius 1 is 1.29 bits per heavy atom. The first-order valence-corrected chi connectivity index (χ1v) is 10.1. The number of nitrogens with one attached hydrogen (secondary N) is 1. The zero-order valence-electron chi connectivity index (χ0n) is 16.0. The Kier molecular flexibility index (Phi) is 5.63. The van der Waals surface area contributed by atoms with Crippen molar-refractivity contribution in [3.63, 3.8) is 0 Å². The highest BCUT2D eigenvalue weighted by Crippen LogP contribution is 2.33. The lowest BCUT2D eigenvalue weighted by atomic mass is 10.0. The molecule has 31 heavy (non-hydrogen) atoms. The van der Waals surface area contributed by atoms with Crippen molar-refractivity contribution in [2.75, 3.05) is 17.6 Å². The standard InChI is InChI=1S/C20H17F4N5OS/c21-13-3-12(20(22,23)24)4-14(5-13)28-19(30)16-9-31-17-8-29(2-1-15(16)17)7-11-6-26-10-27-18(11)25/h3-6,9-10H,1-2,7-8H2,(H,28,30)(H2,25,26,27). The van der Waals surface area contributed by atoms with Crippen LogP contribution in [-0.4, -0.2) is 27.3 Å². The van der Waals surface area contributed by atoms with Crippen LogP contribution in [0.5, 0.6) is 0 Å². The van der Waals surface area contributed by atoms with Gasteiger partial charge in [0.1, 0.15) is 18.0 Å². The molecule has 0 saturated carbocycles. The zero-order valence-corrected chi connectivity index (χ0v) is 16.9. The monoisotopic (exact) mass is 451 g/mol. The molecular formula is C20H17F4N5OS. The van der Waals surface area contributed by atoms with Gasteiger partial charge in [0.2, 0.25) is 0 Å². The number of fused-ring (bicyclic) bond motifs is 1. The lowest BCUT2D eigenvalue weighted by Gasteiger charge is -2.27. The number of carbonyl (C=O) groups is 1. The average molecular weight is 451 g/mol.